The van der Waals surface area contributed by atoms with E-state index in [0.717, 1.165) is 18.8 Å². The Labute approximate surface area is 164 Å². The van der Waals surface area contributed by atoms with Crippen LogP contribution in [0.4, 0.5) is 0 Å². The average molecular weight is 367 g/mol. The topological polar surface area (TPSA) is 40.5 Å². The van der Waals surface area contributed by atoms with E-state index in [-0.39, 0.29) is 5.41 Å². The molecule has 1 aliphatic carbocycles. The second-order valence-corrected chi connectivity index (χ2v) is 8.48. The zero-order valence-electron chi connectivity index (χ0n) is 16.7. The summed E-state index contributed by atoms with van der Waals surface area (Å²) >= 11 is 0. The van der Waals surface area contributed by atoms with Crippen molar-refractivity contribution in [1.82, 2.24) is 0 Å². The Kier molecular flexibility index (Phi) is 6.82. The molecule has 3 rings (SSSR count). The number of aromatic hydroxyl groups is 2. The molecule has 2 aromatic carbocycles. The van der Waals surface area contributed by atoms with E-state index in [2.05, 4.69) is 31.2 Å². The summed E-state index contributed by atoms with van der Waals surface area (Å²) in [6.45, 7) is 2.40. The highest BCUT2D eigenvalue weighted by atomic mass is 16.3. The lowest BCUT2D eigenvalue weighted by molar-refractivity contribution is 0.353. The first kappa shape index (κ1) is 19.8. The Morgan fingerprint density at radius 2 is 1.07 bits per heavy atom. The van der Waals surface area contributed by atoms with Gasteiger partial charge in [0, 0.05) is 5.41 Å². The monoisotopic (exact) mass is 366 g/mol. The number of phenolic OH excluding ortho intramolecular Hbond substituents is 2. The molecule has 0 saturated heterocycles. The van der Waals surface area contributed by atoms with Crippen LogP contribution in [0.5, 0.6) is 11.5 Å². The number of phenols is 2. The van der Waals surface area contributed by atoms with E-state index >= 15 is 0 Å². The van der Waals surface area contributed by atoms with Crippen LogP contribution >= 0.6 is 0 Å². The van der Waals surface area contributed by atoms with Crippen LogP contribution in [0.25, 0.3) is 0 Å². The van der Waals surface area contributed by atoms with Gasteiger partial charge in [-0.15, -0.1) is 0 Å². The fourth-order valence-electron chi connectivity index (χ4n) is 4.78. The van der Waals surface area contributed by atoms with Crippen LogP contribution in [0.3, 0.4) is 0 Å². The zero-order chi connectivity index (χ0) is 19.1. The van der Waals surface area contributed by atoms with E-state index in [1.165, 1.54) is 62.5 Å². The third kappa shape index (κ3) is 5.06. The highest BCUT2D eigenvalue weighted by molar-refractivity contribution is 5.43. The van der Waals surface area contributed by atoms with E-state index in [1.807, 2.05) is 24.3 Å². The van der Waals surface area contributed by atoms with Crippen molar-refractivity contribution in [2.45, 2.75) is 76.5 Å². The molecule has 146 valence electrons. The molecule has 0 aliphatic heterocycles. The first-order valence-electron chi connectivity index (χ1n) is 10.7. The summed E-state index contributed by atoms with van der Waals surface area (Å²) in [5, 5.41) is 19.6. The van der Waals surface area contributed by atoms with Crippen molar-refractivity contribution in [2.75, 3.05) is 0 Å². The summed E-state index contributed by atoms with van der Waals surface area (Å²) < 4.78 is 0. The summed E-state index contributed by atoms with van der Waals surface area (Å²) in [4.78, 5) is 0. The molecule has 0 radical (unpaired) electrons. The van der Waals surface area contributed by atoms with Gasteiger partial charge in [-0.25, -0.2) is 0 Å². The average Bonchev–Trinajstić information content (AvgIpc) is 2.66. The molecule has 2 nitrogen and oxygen atoms in total. The predicted octanol–water partition coefficient (Wildman–Crippen LogP) is 6.93. The van der Waals surface area contributed by atoms with Crippen molar-refractivity contribution in [3.63, 3.8) is 0 Å². The van der Waals surface area contributed by atoms with Gasteiger partial charge in [-0.2, -0.15) is 0 Å². The number of hydrogen-bond donors (Lipinski definition) is 2. The second kappa shape index (κ2) is 9.30. The maximum Gasteiger partial charge on any atom is 0.115 e. The van der Waals surface area contributed by atoms with Crippen molar-refractivity contribution in [3.05, 3.63) is 59.7 Å². The summed E-state index contributed by atoms with van der Waals surface area (Å²) in [6.07, 6.45) is 12.6. The lowest BCUT2D eigenvalue weighted by Crippen LogP contribution is -2.28. The molecule has 2 heteroatoms. The van der Waals surface area contributed by atoms with Crippen LogP contribution in [0.2, 0.25) is 0 Å². The van der Waals surface area contributed by atoms with Crippen LogP contribution in [0, 0.1) is 5.92 Å². The molecule has 0 spiro atoms. The number of benzene rings is 2. The second-order valence-electron chi connectivity index (χ2n) is 8.48. The molecular weight excluding hydrogens is 332 g/mol. The Morgan fingerprint density at radius 3 is 1.67 bits per heavy atom. The van der Waals surface area contributed by atoms with Crippen molar-refractivity contribution in [1.29, 1.82) is 0 Å². The summed E-state index contributed by atoms with van der Waals surface area (Å²) in [5.41, 5.74) is 2.53. The van der Waals surface area contributed by atoms with Gasteiger partial charge >= 0.3 is 0 Å². The van der Waals surface area contributed by atoms with Gasteiger partial charge in [0.05, 0.1) is 0 Å². The molecule has 0 bridgehead atoms. The minimum atomic E-state index is -0.0414. The standard InChI is InChI=1S/C25H34O2/c1-20-8-5-3-2-4-6-18-25(19-7-9-20,21-10-14-23(26)15-11-21)22-12-16-24(27)17-13-22/h10-17,20,26-27H,2-9,18-19H2,1H3. The van der Waals surface area contributed by atoms with E-state index in [1.54, 1.807) is 0 Å². The van der Waals surface area contributed by atoms with Gasteiger partial charge in [0.1, 0.15) is 11.5 Å². The van der Waals surface area contributed by atoms with Crippen LogP contribution in [-0.4, -0.2) is 10.2 Å². The maximum atomic E-state index is 9.80. The van der Waals surface area contributed by atoms with Crippen LogP contribution in [-0.2, 0) is 5.41 Å². The Balaban J connectivity index is 1.98. The molecule has 0 amide bonds. The van der Waals surface area contributed by atoms with Crippen molar-refractivity contribution < 1.29 is 10.2 Å². The molecule has 0 heterocycles. The van der Waals surface area contributed by atoms with Crippen LogP contribution in [0.15, 0.2) is 48.5 Å². The quantitative estimate of drug-likeness (QED) is 0.604. The van der Waals surface area contributed by atoms with E-state index in [4.69, 9.17) is 0 Å². The molecule has 1 atom stereocenters. The predicted molar refractivity (Wildman–Crippen MR) is 112 cm³/mol. The van der Waals surface area contributed by atoms with Gasteiger partial charge in [-0.1, -0.05) is 82.6 Å². The van der Waals surface area contributed by atoms with Crippen LogP contribution < -0.4 is 0 Å². The highest BCUT2D eigenvalue weighted by Crippen LogP contribution is 2.43. The number of hydrogen-bond acceptors (Lipinski definition) is 2. The third-order valence-electron chi connectivity index (χ3n) is 6.44. The Bertz CT molecular complexity index is 642. The van der Waals surface area contributed by atoms with Gasteiger partial charge in [0.25, 0.3) is 0 Å². The normalized spacial score (nSPS) is 21.7. The first-order valence-corrected chi connectivity index (χ1v) is 10.7. The van der Waals surface area contributed by atoms with E-state index in [0.29, 0.717) is 11.5 Å². The largest absolute Gasteiger partial charge is 0.508 e. The molecule has 0 aromatic heterocycles. The van der Waals surface area contributed by atoms with Gasteiger partial charge < -0.3 is 10.2 Å². The lowest BCUT2D eigenvalue weighted by Gasteiger charge is -2.36. The van der Waals surface area contributed by atoms with Gasteiger partial charge in [0.2, 0.25) is 0 Å². The molecule has 1 unspecified atom stereocenters. The lowest BCUT2D eigenvalue weighted by atomic mass is 9.67. The summed E-state index contributed by atoms with van der Waals surface area (Å²) in [5.74, 6) is 1.43. The van der Waals surface area contributed by atoms with Crippen LogP contribution in [0.1, 0.15) is 82.3 Å². The third-order valence-corrected chi connectivity index (χ3v) is 6.44. The molecule has 1 aliphatic rings. The van der Waals surface area contributed by atoms with Crippen molar-refractivity contribution in [2.24, 2.45) is 5.92 Å². The highest BCUT2D eigenvalue weighted by Gasteiger charge is 2.33. The fraction of sp³-hybridized carbons (Fsp3) is 0.520. The Morgan fingerprint density at radius 1 is 0.630 bits per heavy atom. The smallest absolute Gasteiger partial charge is 0.115 e. The van der Waals surface area contributed by atoms with E-state index < -0.39 is 0 Å². The van der Waals surface area contributed by atoms with Crippen molar-refractivity contribution in [3.8, 4) is 11.5 Å². The SMILES string of the molecule is CC1CCCCCCCC(c2ccc(O)cc2)(c2ccc(O)cc2)CCC1. The molecule has 1 fully saturated rings. The van der Waals surface area contributed by atoms with Gasteiger partial charge in [-0.3, -0.25) is 0 Å². The van der Waals surface area contributed by atoms with Crippen molar-refractivity contribution >= 4 is 0 Å². The van der Waals surface area contributed by atoms with Gasteiger partial charge in [0.15, 0.2) is 0 Å². The molecule has 1 saturated carbocycles. The molecule has 2 aromatic rings. The maximum absolute atomic E-state index is 9.80. The molecule has 27 heavy (non-hydrogen) atoms. The number of rotatable bonds is 2. The molecular formula is C25H34O2. The zero-order valence-corrected chi connectivity index (χ0v) is 16.7. The minimum Gasteiger partial charge on any atom is -0.508 e. The fourth-order valence-corrected chi connectivity index (χ4v) is 4.78. The summed E-state index contributed by atoms with van der Waals surface area (Å²) in [6, 6.07) is 15.6. The Hall–Kier alpha value is -1.96. The minimum absolute atomic E-state index is 0.0414. The summed E-state index contributed by atoms with van der Waals surface area (Å²) in [7, 11) is 0. The van der Waals surface area contributed by atoms with E-state index in [9.17, 15) is 10.2 Å². The first-order chi connectivity index (χ1) is 13.1. The molecule has 2 N–H and O–H groups in total. The van der Waals surface area contributed by atoms with Gasteiger partial charge in [-0.05, 0) is 54.2 Å².